The van der Waals surface area contributed by atoms with Gasteiger partial charge in [0.05, 0.1) is 35.6 Å². The molecule has 0 aromatic heterocycles. The summed E-state index contributed by atoms with van der Waals surface area (Å²) in [5.41, 5.74) is 7.47. The lowest BCUT2D eigenvalue weighted by Gasteiger charge is -2.29. The maximum atomic E-state index is 13.8. The second kappa shape index (κ2) is 9.68. The zero-order valence-corrected chi connectivity index (χ0v) is 20.5. The number of nitrogens with two attached hydrogens (primary N) is 1. The number of alkyl halides is 3. The summed E-state index contributed by atoms with van der Waals surface area (Å²) in [7, 11) is 0. The van der Waals surface area contributed by atoms with E-state index in [2.05, 4.69) is 5.32 Å². The van der Waals surface area contributed by atoms with Crippen LogP contribution in [0.15, 0.2) is 54.6 Å². The van der Waals surface area contributed by atoms with E-state index in [1.807, 2.05) is 0 Å². The van der Waals surface area contributed by atoms with Crippen molar-refractivity contribution in [2.75, 3.05) is 29.2 Å². The van der Waals surface area contributed by atoms with Gasteiger partial charge in [-0.05, 0) is 30.3 Å². The SMILES string of the molecule is CC(C(=O)O)[C@@H]1COc2cc(N(C(=O)C(F)(F)F)[C@H]3COc4c(Nc5cc(F)ccc5N)cccc43)ccc21. The first-order chi connectivity index (χ1) is 18.5. The van der Waals surface area contributed by atoms with Crippen molar-refractivity contribution < 1.29 is 41.7 Å². The molecule has 204 valence electrons. The van der Waals surface area contributed by atoms with Crippen molar-refractivity contribution in [1.29, 1.82) is 0 Å². The fourth-order valence-corrected chi connectivity index (χ4v) is 4.86. The number of amides is 1. The Morgan fingerprint density at radius 3 is 2.54 bits per heavy atom. The van der Waals surface area contributed by atoms with E-state index in [1.165, 1.54) is 49.4 Å². The highest BCUT2D eigenvalue weighted by Crippen LogP contribution is 2.47. The van der Waals surface area contributed by atoms with Gasteiger partial charge in [0.15, 0.2) is 0 Å². The number of carboxylic acids is 1. The number of hydrogen-bond donors (Lipinski definition) is 3. The van der Waals surface area contributed by atoms with Crippen molar-refractivity contribution in [3.05, 3.63) is 71.5 Å². The average molecular weight is 545 g/mol. The molecule has 8 nitrogen and oxygen atoms in total. The summed E-state index contributed by atoms with van der Waals surface area (Å²) in [6.07, 6.45) is -5.20. The molecule has 0 spiro atoms. The van der Waals surface area contributed by atoms with E-state index < -0.39 is 41.7 Å². The van der Waals surface area contributed by atoms with Crippen LogP contribution < -0.4 is 25.4 Å². The van der Waals surface area contributed by atoms with Gasteiger partial charge in [-0.3, -0.25) is 14.5 Å². The number of anilines is 4. The Bertz CT molecular complexity index is 1460. The zero-order valence-electron chi connectivity index (χ0n) is 20.5. The van der Waals surface area contributed by atoms with Gasteiger partial charge in [0, 0.05) is 28.8 Å². The minimum Gasteiger partial charge on any atom is -0.493 e. The van der Waals surface area contributed by atoms with Crippen molar-refractivity contribution in [3.8, 4) is 11.5 Å². The smallest absolute Gasteiger partial charge is 0.471 e. The van der Waals surface area contributed by atoms with Gasteiger partial charge in [-0.15, -0.1) is 0 Å². The second-order valence-electron chi connectivity index (χ2n) is 9.35. The Balaban J connectivity index is 1.53. The first-order valence-electron chi connectivity index (χ1n) is 11.9. The molecule has 5 rings (SSSR count). The molecule has 2 aliphatic heterocycles. The predicted molar refractivity (Wildman–Crippen MR) is 134 cm³/mol. The third-order valence-electron chi connectivity index (χ3n) is 6.93. The molecular weight excluding hydrogens is 522 g/mol. The fourth-order valence-electron chi connectivity index (χ4n) is 4.86. The molecular formula is C27H23F4N3O5. The Morgan fingerprint density at radius 2 is 1.82 bits per heavy atom. The monoisotopic (exact) mass is 545 g/mol. The van der Waals surface area contributed by atoms with Crippen LogP contribution in [0, 0.1) is 11.7 Å². The number of halogens is 4. The fraction of sp³-hybridized carbons (Fsp3) is 0.259. The molecule has 4 N–H and O–H groups in total. The molecule has 2 heterocycles. The average Bonchev–Trinajstić information content (AvgIpc) is 3.50. The summed E-state index contributed by atoms with van der Waals surface area (Å²) >= 11 is 0. The Labute approximate surface area is 219 Å². The van der Waals surface area contributed by atoms with Gasteiger partial charge in [0.25, 0.3) is 0 Å². The summed E-state index contributed by atoms with van der Waals surface area (Å²) in [4.78, 5) is 24.8. The Kier molecular flexibility index (Phi) is 6.49. The lowest BCUT2D eigenvalue weighted by Crippen LogP contribution is -2.44. The number of rotatable bonds is 6. The predicted octanol–water partition coefficient (Wildman–Crippen LogP) is 5.38. The molecule has 0 saturated heterocycles. The van der Waals surface area contributed by atoms with E-state index in [0.29, 0.717) is 21.7 Å². The van der Waals surface area contributed by atoms with E-state index in [0.717, 1.165) is 0 Å². The maximum Gasteiger partial charge on any atom is 0.471 e. The van der Waals surface area contributed by atoms with Crippen molar-refractivity contribution in [3.63, 3.8) is 0 Å². The van der Waals surface area contributed by atoms with Gasteiger partial charge in [-0.25, -0.2) is 4.39 Å². The van der Waals surface area contributed by atoms with E-state index in [-0.39, 0.29) is 41.8 Å². The van der Waals surface area contributed by atoms with Crippen LogP contribution in [-0.4, -0.2) is 36.4 Å². The largest absolute Gasteiger partial charge is 0.493 e. The zero-order chi connectivity index (χ0) is 28.1. The molecule has 3 aromatic rings. The van der Waals surface area contributed by atoms with E-state index in [1.54, 1.807) is 12.1 Å². The number of nitrogen functional groups attached to an aromatic ring is 1. The van der Waals surface area contributed by atoms with Gasteiger partial charge in [0.1, 0.15) is 23.9 Å². The first-order valence-corrected chi connectivity index (χ1v) is 11.9. The van der Waals surface area contributed by atoms with Crippen LogP contribution in [0.4, 0.5) is 40.3 Å². The Morgan fingerprint density at radius 1 is 1.05 bits per heavy atom. The summed E-state index contributed by atoms with van der Waals surface area (Å²) in [6, 6.07) is 11.4. The van der Waals surface area contributed by atoms with Gasteiger partial charge < -0.3 is 25.6 Å². The summed E-state index contributed by atoms with van der Waals surface area (Å²) in [6.45, 7) is 1.28. The third kappa shape index (κ3) is 4.77. The number of nitrogens with zero attached hydrogens (tertiary/aromatic N) is 1. The number of fused-ring (bicyclic) bond motifs is 2. The van der Waals surface area contributed by atoms with Crippen molar-refractivity contribution >= 4 is 34.6 Å². The van der Waals surface area contributed by atoms with Gasteiger partial charge in [0.2, 0.25) is 0 Å². The number of benzene rings is 3. The highest BCUT2D eigenvalue weighted by Gasteiger charge is 2.48. The first kappa shape index (κ1) is 26.1. The van der Waals surface area contributed by atoms with Crippen molar-refractivity contribution in [1.82, 2.24) is 0 Å². The lowest BCUT2D eigenvalue weighted by molar-refractivity contribution is -0.171. The summed E-state index contributed by atoms with van der Waals surface area (Å²) in [5, 5.41) is 12.3. The molecule has 0 aliphatic carbocycles. The van der Waals surface area contributed by atoms with Crippen LogP contribution in [0.5, 0.6) is 11.5 Å². The second-order valence-corrected chi connectivity index (χ2v) is 9.35. The highest BCUT2D eigenvalue weighted by molar-refractivity contribution is 5.98. The summed E-state index contributed by atoms with van der Waals surface area (Å²) in [5.74, 6) is -4.54. The van der Waals surface area contributed by atoms with E-state index >= 15 is 0 Å². The molecule has 3 atom stereocenters. The number of ether oxygens (including phenoxy) is 2. The topological polar surface area (TPSA) is 114 Å². The number of aliphatic carboxylic acids is 1. The number of carboxylic acid groups (broad SMARTS) is 1. The lowest BCUT2D eigenvalue weighted by atomic mass is 9.89. The van der Waals surface area contributed by atoms with Crippen LogP contribution >= 0.6 is 0 Å². The number of nitrogens with one attached hydrogen (secondary N) is 1. The van der Waals surface area contributed by atoms with Gasteiger partial charge >= 0.3 is 18.1 Å². The summed E-state index contributed by atoms with van der Waals surface area (Å²) < 4.78 is 66.6. The molecule has 0 fully saturated rings. The molecule has 1 unspecified atom stereocenters. The molecule has 0 radical (unpaired) electrons. The molecule has 0 saturated carbocycles. The minimum absolute atomic E-state index is 0.0487. The molecule has 1 amide bonds. The normalized spacial score (nSPS) is 18.4. The molecule has 39 heavy (non-hydrogen) atoms. The molecule has 0 bridgehead atoms. The van der Waals surface area contributed by atoms with Crippen LogP contribution in [0.3, 0.4) is 0 Å². The van der Waals surface area contributed by atoms with Crippen molar-refractivity contribution in [2.24, 2.45) is 5.92 Å². The number of carbonyl (C=O) groups is 2. The van der Waals surface area contributed by atoms with Gasteiger partial charge in [-0.2, -0.15) is 13.2 Å². The van der Waals surface area contributed by atoms with Crippen LogP contribution in [0.2, 0.25) is 0 Å². The van der Waals surface area contributed by atoms with Gasteiger partial charge in [-0.1, -0.05) is 25.1 Å². The van der Waals surface area contributed by atoms with Crippen molar-refractivity contribution in [2.45, 2.75) is 25.1 Å². The number of para-hydroxylation sites is 1. The number of carbonyl (C=O) groups excluding carboxylic acids is 1. The Hall–Kier alpha value is -4.48. The quantitative estimate of drug-likeness (QED) is 0.282. The molecule has 12 heteroatoms. The van der Waals surface area contributed by atoms with Crippen LogP contribution in [0.25, 0.3) is 0 Å². The maximum absolute atomic E-state index is 13.8. The molecule has 3 aromatic carbocycles. The van der Waals surface area contributed by atoms with Crippen LogP contribution in [-0.2, 0) is 9.59 Å². The standard InChI is InChI=1S/C27H23F4N3O5/c1-13(25(35)36)18-11-38-23-10-15(6-7-16(18)23)34(26(37)27(29,30)31)22-12-39-24-17(22)3-2-4-20(24)33-21-9-14(28)5-8-19(21)32/h2-10,13,18,22,33H,11-12,32H2,1H3,(H,35,36)/t13?,18-,22-/m0/s1. The highest BCUT2D eigenvalue weighted by atomic mass is 19.4. The van der Waals surface area contributed by atoms with Crippen LogP contribution in [0.1, 0.15) is 30.0 Å². The van der Waals surface area contributed by atoms with E-state index in [4.69, 9.17) is 15.2 Å². The third-order valence-corrected chi connectivity index (χ3v) is 6.93. The molecule has 2 aliphatic rings. The van der Waals surface area contributed by atoms with E-state index in [9.17, 15) is 32.3 Å². The number of hydrogen-bond acceptors (Lipinski definition) is 6. The minimum atomic E-state index is -5.20.